The Morgan fingerprint density at radius 2 is 1.70 bits per heavy atom. The van der Waals surface area contributed by atoms with E-state index >= 15 is 0 Å². The van der Waals surface area contributed by atoms with Crippen LogP contribution in [0.5, 0.6) is 0 Å². The number of rotatable bonds is 8. The molecule has 0 radical (unpaired) electrons. The van der Waals surface area contributed by atoms with E-state index in [1.807, 2.05) is 16.7 Å². The van der Waals surface area contributed by atoms with Gasteiger partial charge in [0.15, 0.2) is 0 Å². The minimum Gasteiger partial charge on any atom is -0.326 e. The molecule has 0 spiro atoms. The van der Waals surface area contributed by atoms with Crippen LogP contribution in [-0.4, -0.2) is 31.5 Å². The van der Waals surface area contributed by atoms with Crippen molar-refractivity contribution in [3.8, 4) is 0 Å². The molecule has 0 saturated heterocycles. The number of aryl methyl sites for hydroxylation is 1. The summed E-state index contributed by atoms with van der Waals surface area (Å²) in [6.45, 7) is -1.45. The molecule has 0 unspecified atom stereocenters. The molecule has 0 bridgehead atoms. The third-order valence-corrected chi connectivity index (χ3v) is 5.51. The number of benzene rings is 2. The van der Waals surface area contributed by atoms with Gasteiger partial charge in [0.2, 0.25) is 0 Å². The highest BCUT2D eigenvalue weighted by Gasteiger charge is 2.31. The molecule has 2 heterocycles. The van der Waals surface area contributed by atoms with E-state index in [2.05, 4.69) is 4.98 Å². The van der Waals surface area contributed by atoms with Crippen molar-refractivity contribution < 1.29 is 22.0 Å². The topological polar surface area (TPSA) is 70.8 Å². The summed E-state index contributed by atoms with van der Waals surface area (Å²) < 4.78 is 69.4. The second-order valence-electron chi connectivity index (χ2n) is 7.81. The molecule has 2 aromatic carbocycles. The summed E-state index contributed by atoms with van der Waals surface area (Å²) in [5.41, 5.74) is 6.97. The Labute approximate surface area is 185 Å². The number of nitrogens with zero attached hydrogens (tertiary/aromatic N) is 4. The highest BCUT2D eigenvalue weighted by atomic mass is 19.4. The molecule has 176 valence electrons. The summed E-state index contributed by atoms with van der Waals surface area (Å²) in [5.74, 6) is -0.278. The molecule has 0 aliphatic heterocycles. The molecule has 11 heteroatoms. The van der Waals surface area contributed by atoms with Crippen LogP contribution < -0.4 is 11.4 Å². The average molecular weight is 467 g/mol. The van der Waals surface area contributed by atoms with E-state index in [4.69, 9.17) is 5.73 Å². The predicted molar refractivity (Wildman–Crippen MR) is 114 cm³/mol. The maximum Gasteiger partial charge on any atom is 0.406 e. The SMILES string of the molecule is NCc1ccc2c(c1)nc(Cn1c(=O)n(CC(F)(F)F)c3ccc(F)cc31)n2CCCCF. The molecule has 0 aliphatic carbocycles. The fraction of sp³-hybridized carbons (Fsp3) is 0.364. The van der Waals surface area contributed by atoms with Gasteiger partial charge in [-0.2, -0.15) is 13.2 Å². The van der Waals surface area contributed by atoms with Gasteiger partial charge >= 0.3 is 11.9 Å². The lowest BCUT2D eigenvalue weighted by molar-refractivity contribution is -0.140. The standard InChI is InChI=1S/C22H22F5N5O/c23-7-1-2-8-30-17-5-3-14(11-28)9-16(17)29-20(30)12-31-19-10-15(24)4-6-18(19)32(21(31)33)13-22(25,26)27/h3-6,9-10H,1-2,7-8,11-13,28H2. The van der Waals surface area contributed by atoms with Crippen molar-refractivity contribution in [3.05, 3.63) is 64.1 Å². The van der Waals surface area contributed by atoms with Gasteiger partial charge in [0.1, 0.15) is 18.2 Å². The van der Waals surface area contributed by atoms with E-state index < -0.39 is 30.9 Å². The largest absolute Gasteiger partial charge is 0.406 e. The Bertz CT molecular complexity index is 1350. The second-order valence-corrected chi connectivity index (χ2v) is 7.81. The smallest absolute Gasteiger partial charge is 0.326 e. The number of hydrogen-bond donors (Lipinski definition) is 1. The van der Waals surface area contributed by atoms with Gasteiger partial charge in [0.05, 0.1) is 35.3 Å². The van der Waals surface area contributed by atoms with Gasteiger partial charge in [-0.3, -0.25) is 13.5 Å². The zero-order valence-corrected chi connectivity index (χ0v) is 17.6. The molecule has 0 amide bonds. The van der Waals surface area contributed by atoms with Gasteiger partial charge in [0.25, 0.3) is 0 Å². The Kier molecular flexibility index (Phi) is 6.24. The molecular weight excluding hydrogens is 445 g/mol. The Morgan fingerprint density at radius 3 is 2.39 bits per heavy atom. The zero-order valence-electron chi connectivity index (χ0n) is 17.6. The normalized spacial score (nSPS) is 12.3. The monoisotopic (exact) mass is 467 g/mol. The Hall–Kier alpha value is -3.21. The minimum atomic E-state index is -4.63. The Morgan fingerprint density at radius 1 is 0.939 bits per heavy atom. The Balaban J connectivity index is 1.86. The van der Waals surface area contributed by atoms with Crippen LogP contribution in [0.2, 0.25) is 0 Å². The van der Waals surface area contributed by atoms with Crippen molar-refractivity contribution in [1.29, 1.82) is 0 Å². The number of nitrogens with two attached hydrogens (primary N) is 1. The average Bonchev–Trinajstić information content (AvgIpc) is 3.22. The van der Waals surface area contributed by atoms with Gasteiger partial charge in [-0.1, -0.05) is 6.07 Å². The van der Waals surface area contributed by atoms with Crippen molar-refractivity contribution in [2.75, 3.05) is 6.67 Å². The van der Waals surface area contributed by atoms with Crippen molar-refractivity contribution in [1.82, 2.24) is 18.7 Å². The maximum absolute atomic E-state index is 14.0. The van der Waals surface area contributed by atoms with Crippen LogP contribution in [0.1, 0.15) is 24.2 Å². The van der Waals surface area contributed by atoms with Crippen molar-refractivity contribution in [2.45, 2.75) is 45.2 Å². The number of imidazole rings is 2. The minimum absolute atomic E-state index is 0.0239. The van der Waals surface area contributed by atoms with E-state index in [0.717, 1.165) is 33.8 Å². The number of aromatic nitrogens is 4. The van der Waals surface area contributed by atoms with E-state index in [9.17, 15) is 26.7 Å². The van der Waals surface area contributed by atoms with Crippen molar-refractivity contribution in [2.24, 2.45) is 5.73 Å². The molecule has 0 fully saturated rings. The fourth-order valence-electron chi connectivity index (χ4n) is 4.01. The first-order valence-corrected chi connectivity index (χ1v) is 10.4. The highest BCUT2D eigenvalue weighted by Crippen LogP contribution is 2.24. The molecule has 4 rings (SSSR count). The molecular formula is C22H22F5N5O. The molecule has 33 heavy (non-hydrogen) atoms. The van der Waals surface area contributed by atoms with Crippen molar-refractivity contribution >= 4 is 22.1 Å². The number of fused-ring (bicyclic) bond motifs is 2. The first kappa shape index (κ1) is 23.0. The summed E-state index contributed by atoms with van der Waals surface area (Å²) in [6, 6.07) is 8.65. The highest BCUT2D eigenvalue weighted by molar-refractivity contribution is 5.78. The molecule has 0 aliphatic rings. The number of hydrogen-bond acceptors (Lipinski definition) is 3. The predicted octanol–water partition coefficient (Wildman–Crippen LogP) is 4.11. The number of halogens is 5. The molecule has 0 saturated carbocycles. The fourth-order valence-corrected chi connectivity index (χ4v) is 4.01. The number of alkyl halides is 4. The van der Waals surface area contributed by atoms with E-state index in [-0.39, 0.29) is 17.6 Å². The van der Waals surface area contributed by atoms with Gasteiger partial charge < -0.3 is 10.3 Å². The quantitative estimate of drug-likeness (QED) is 0.313. The van der Waals surface area contributed by atoms with Crippen molar-refractivity contribution in [3.63, 3.8) is 0 Å². The van der Waals surface area contributed by atoms with Crippen LogP contribution in [-0.2, 0) is 26.2 Å². The van der Waals surface area contributed by atoms with Crippen LogP contribution in [0.25, 0.3) is 22.1 Å². The lowest BCUT2D eigenvalue weighted by Crippen LogP contribution is -2.30. The molecule has 4 aromatic rings. The summed E-state index contributed by atoms with van der Waals surface area (Å²) in [7, 11) is 0. The van der Waals surface area contributed by atoms with Crippen LogP contribution in [0, 0.1) is 5.82 Å². The second kappa shape index (κ2) is 8.97. The van der Waals surface area contributed by atoms with Crippen LogP contribution in [0.4, 0.5) is 22.0 Å². The number of unbranched alkanes of at least 4 members (excludes halogenated alkanes) is 1. The molecule has 0 atom stereocenters. The lowest BCUT2D eigenvalue weighted by atomic mass is 10.2. The zero-order chi connectivity index (χ0) is 23.8. The van der Waals surface area contributed by atoms with Crippen LogP contribution in [0.3, 0.4) is 0 Å². The van der Waals surface area contributed by atoms with Gasteiger partial charge in [-0.15, -0.1) is 0 Å². The third-order valence-electron chi connectivity index (χ3n) is 5.51. The van der Waals surface area contributed by atoms with E-state index in [1.54, 1.807) is 6.07 Å². The first-order valence-electron chi connectivity index (χ1n) is 10.4. The van der Waals surface area contributed by atoms with Gasteiger partial charge in [-0.25, -0.2) is 14.2 Å². The van der Waals surface area contributed by atoms with E-state index in [0.29, 0.717) is 41.8 Å². The van der Waals surface area contributed by atoms with Gasteiger partial charge in [0, 0.05) is 13.1 Å². The third kappa shape index (κ3) is 4.63. The molecule has 6 nitrogen and oxygen atoms in total. The lowest BCUT2D eigenvalue weighted by Gasteiger charge is -2.10. The van der Waals surface area contributed by atoms with Crippen LogP contribution in [0.15, 0.2) is 41.2 Å². The summed E-state index contributed by atoms with van der Waals surface area (Å²) >= 11 is 0. The summed E-state index contributed by atoms with van der Waals surface area (Å²) in [6.07, 6.45) is -3.79. The summed E-state index contributed by atoms with van der Waals surface area (Å²) in [4.78, 5) is 17.5. The first-order chi connectivity index (χ1) is 15.7. The van der Waals surface area contributed by atoms with Gasteiger partial charge in [-0.05, 0) is 48.7 Å². The van der Waals surface area contributed by atoms with Crippen LogP contribution >= 0.6 is 0 Å². The molecule has 2 N–H and O–H groups in total. The van der Waals surface area contributed by atoms with E-state index in [1.165, 1.54) is 0 Å². The molecule has 2 aromatic heterocycles. The summed E-state index contributed by atoms with van der Waals surface area (Å²) in [5, 5.41) is 0. The maximum atomic E-state index is 14.0.